The number of carbonyl (C=O) groups excluding carboxylic acids is 1. The molecule has 0 atom stereocenters. The SMILES string of the molecule is Cc1ccccc1CN1CCC(CNC(=O)c2c(C)oc3c2C2=NCCN2C=N3)CC1. The number of aryl methyl sites for hydroxylation is 2. The molecule has 162 valence electrons. The second-order valence-corrected chi connectivity index (χ2v) is 8.71. The first-order chi connectivity index (χ1) is 15.1. The number of hydrogen-bond donors (Lipinski definition) is 1. The molecule has 0 aliphatic carbocycles. The van der Waals surface area contributed by atoms with Gasteiger partial charge in [0.1, 0.15) is 17.9 Å². The zero-order chi connectivity index (χ0) is 21.4. The minimum atomic E-state index is -0.0866. The quantitative estimate of drug-likeness (QED) is 0.807. The van der Waals surface area contributed by atoms with E-state index in [1.165, 1.54) is 11.1 Å². The van der Waals surface area contributed by atoms with E-state index in [4.69, 9.17) is 4.42 Å². The van der Waals surface area contributed by atoms with Gasteiger partial charge in [-0.3, -0.25) is 14.7 Å². The third-order valence-corrected chi connectivity index (χ3v) is 6.62. The summed E-state index contributed by atoms with van der Waals surface area (Å²) in [7, 11) is 0. The lowest BCUT2D eigenvalue weighted by Crippen LogP contribution is -2.39. The Morgan fingerprint density at radius 1 is 1.19 bits per heavy atom. The summed E-state index contributed by atoms with van der Waals surface area (Å²) in [5.41, 5.74) is 4.07. The predicted molar refractivity (Wildman–Crippen MR) is 121 cm³/mol. The highest BCUT2D eigenvalue weighted by molar-refractivity contribution is 6.17. The highest BCUT2D eigenvalue weighted by Gasteiger charge is 2.33. The first-order valence-corrected chi connectivity index (χ1v) is 11.1. The van der Waals surface area contributed by atoms with Crippen molar-refractivity contribution in [2.24, 2.45) is 15.9 Å². The van der Waals surface area contributed by atoms with Crippen molar-refractivity contribution in [1.29, 1.82) is 0 Å². The van der Waals surface area contributed by atoms with Crippen LogP contribution in [-0.4, -0.2) is 60.6 Å². The molecule has 0 bridgehead atoms. The topological polar surface area (TPSA) is 73.4 Å². The van der Waals surface area contributed by atoms with E-state index >= 15 is 0 Å². The molecule has 0 saturated carbocycles. The van der Waals surface area contributed by atoms with Gasteiger partial charge in [-0.25, -0.2) is 4.99 Å². The second-order valence-electron chi connectivity index (χ2n) is 8.71. The fourth-order valence-corrected chi connectivity index (χ4v) is 4.72. The van der Waals surface area contributed by atoms with Gasteiger partial charge in [-0.05, 0) is 56.8 Å². The number of fused-ring (bicyclic) bond motifs is 3. The smallest absolute Gasteiger partial charge is 0.255 e. The van der Waals surface area contributed by atoms with Gasteiger partial charge < -0.3 is 14.6 Å². The molecule has 1 aromatic carbocycles. The molecule has 0 radical (unpaired) electrons. The van der Waals surface area contributed by atoms with Crippen LogP contribution in [-0.2, 0) is 6.54 Å². The number of benzene rings is 1. The van der Waals surface area contributed by atoms with Gasteiger partial charge >= 0.3 is 0 Å². The van der Waals surface area contributed by atoms with E-state index in [1.54, 1.807) is 6.34 Å². The van der Waals surface area contributed by atoms with Crippen molar-refractivity contribution in [1.82, 2.24) is 15.1 Å². The molecular weight excluding hydrogens is 390 g/mol. The third kappa shape index (κ3) is 3.90. The maximum Gasteiger partial charge on any atom is 0.255 e. The molecule has 0 unspecified atom stereocenters. The van der Waals surface area contributed by atoms with Crippen molar-refractivity contribution in [2.75, 3.05) is 32.7 Å². The van der Waals surface area contributed by atoms with E-state index in [9.17, 15) is 4.79 Å². The van der Waals surface area contributed by atoms with Gasteiger partial charge in [-0.15, -0.1) is 0 Å². The van der Waals surface area contributed by atoms with E-state index in [2.05, 4.69) is 51.4 Å². The molecule has 5 rings (SSSR count). The van der Waals surface area contributed by atoms with Gasteiger partial charge in [0, 0.05) is 19.6 Å². The standard InChI is InChI=1S/C24H29N5O2/c1-16-5-3-4-6-19(16)14-28-10-7-18(8-11-28)13-26-23(30)20-17(2)31-24-21(20)22-25-9-12-29(22)15-27-24/h3-6,15,18H,7-14H2,1-2H3,(H,26,30). The molecule has 3 aliphatic rings. The van der Waals surface area contributed by atoms with E-state index in [-0.39, 0.29) is 5.91 Å². The lowest BCUT2D eigenvalue weighted by Gasteiger charge is -2.32. The summed E-state index contributed by atoms with van der Waals surface area (Å²) in [6, 6.07) is 8.60. The molecule has 7 nitrogen and oxygen atoms in total. The second kappa shape index (κ2) is 8.30. The van der Waals surface area contributed by atoms with Crippen LogP contribution >= 0.6 is 0 Å². The minimum Gasteiger partial charge on any atom is -0.442 e. The number of aliphatic imine (C=N–C) groups is 2. The van der Waals surface area contributed by atoms with Gasteiger partial charge in [0.15, 0.2) is 0 Å². The molecule has 1 aromatic heterocycles. The van der Waals surface area contributed by atoms with Gasteiger partial charge in [-0.2, -0.15) is 0 Å². The Balaban J connectivity index is 1.18. The van der Waals surface area contributed by atoms with E-state index in [1.807, 2.05) is 11.8 Å². The minimum absolute atomic E-state index is 0.0866. The molecule has 7 heteroatoms. The largest absolute Gasteiger partial charge is 0.442 e. The molecule has 31 heavy (non-hydrogen) atoms. The van der Waals surface area contributed by atoms with Crippen LogP contribution in [0.4, 0.5) is 5.88 Å². The molecule has 2 aromatic rings. The number of nitrogens with zero attached hydrogens (tertiary/aromatic N) is 4. The van der Waals surface area contributed by atoms with Crippen LogP contribution in [0, 0.1) is 19.8 Å². The number of furan rings is 1. The number of likely N-dealkylation sites (tertiary alicyclic amines) is 1. The molecule has 1 saturated heterocycles. The first kappa shape index (κ1) is 20.0. The van der Waals surface area contributed by atoms with Crippen LogP contribution in [0.25, 0.3) is 0 Å². The molecule has 3 aliphatic heterocycles. The fourth-order valence-electron chi connectivity index (χ4n) is 4.72. The average Bonchev–Trinajstić information content (AvgIpc) is 3.38. The van der Waals surface area contributed by atoms with Crippen LogP contribution < -0.4 is 5.32 Å². The number of amidine groups is 1. The Bertz CT molecular complexity index is 1050. The fraction of sp³-hybridized carbons (Fsp3) is 0.458. The number of amides is 1. The van der Waals surface area contributed by atoms with Gasteiger partial charge in [-0.1, -0.05) is 24.3 Å². The van der Waals surface area contributed by atoms with Gasteiger partial charge in [0.2, 0.25) is 5.88 Å². The van der Waals surface area contributed by atoms with Crippen molar-refractivity contribution in [3.8, 4) is 0 Å². The molecule has 1 amide bonds. The summed E-state index contributed by atoms with van der Waals surface area (Å²) in [6.45, 7) is 9.34. The maximum absolute atomic E-state index is 13.1. The highest BCUT2D eigenvalue weighted by atomic mass is 16.4. The van der Waals surface area contributed by atoms with Gasteiger partial charge in [0.05, 0.1) is 17.7 Å². The zero-order valence-electron chi connectivity index (χ0n) is 18.2. The summed E-state index contributed by atoms with van der Waals surface area (Å²) < 4.78 is 5.77. The van der Waals surface area contributed by atoms with Crippen molar-refractivity contribution >= 4 is 24.0 Å². The summed E-state index contributed by atoms with van der Waals surface area (Å²) in [6.07, 6.45) is 3.93. The number of nitrogens with one attached hydrogen (secondary N) is 1. The van der Waals surface area contributed by atoms with Gasteiger partial charge in [0.25, 0.3) is 5.91 Å². The molecule has 4 heterocycles. The highest BCUT2D eigenvalue weighted by Crippen LogP contribution is 2.34. The normalized spacial score (nSPS) is 18.6. The van der Waals surface area contributed by atoms with Crippen LogP contribution in [0.2, 0.25) is 0 Å². The summed E-state index contributed by atoms with van der Waals surface area (Å²) in [5.74, 6) is 2.31. The van der Waals surface area contributed by atoms with Crippen molar-refractivity contribution < 1.29 is 9.21 Å². The third-order valence-electron chi connectivity index (χ3n) is 6.62. The van der Waals surface area contributed by atoms with Crippen LogP contribution in [0.1, 0.15) is 45.7 Å². The Morgan fingerprint density at radius 3 is 2.81 bits per heavy atom. The average molecular weight is 420 g/mol. The van der Waals surface area contributed by atoms with E-state index in [0.717, 1.165) is 50.4 Å². The Kier molecular flexibility index (Phi) is 5.36. The van der Waals surface area contributed by atoms with Crippen molar-refractivity contribution in [3.63, 3.8) is 0 Å². The van der Waals surface area contributed by atoms with Crippen LogP contribution in [0.3, 0.4) is 0 Å². The molecule has 1 N–H and O–H groups in total. The Labute approximate surface area is 182 Å². The lowest BCUT2D eigenvalue weighted by atomic mass is 9.95. The predicted octanol–water partition coefficient (Wildman–Crippen LogP) is 3.27. The molecular formula is C24H29N5O2. The summed E-state index contributed by atoms with van der Waals surface area (Å²) in [5, 5.41) is 3.16. The number of hydrogen-bond acceptors (Lipinski definition) is 6. The summed E-state index contributed by atoms with van der Waals surface area (Å²) >= 11 is 0. The number of carbonyl (C=O) groups is 1. The van der Waals surface area contributed by atoms with Crippen LogP contribution in [0.5, 0.6) is 0 Å². The first-order valence-electron chi connectivity index (χ1n) is 11.1. The summed E-state index contributed by atoms with van der Waals surface area (Å²) in [4.78, 5) is 26.5. The lowest BCUT2D eigenvalue weighted by molar-refractivity contribution is 0.0933. The van der Waals surface area contributed by atoms with Crippen molar-refractivity contribution in [2.45, 2.75) is 33.2 Å². The zero-order valence-corrected chi connectivity index (χ0v) is 18.2. The van der Waals surface area contributed by atoms with E-state index in [0.29, 0.717) is 36.2 Å². The monoisotopic (exact) mass is 419 g/mol. The number of piperidine rings is 1. The van der Waals surface area contributed by atoms with Crippen molar-refractivity contribution in [3.05, 3.63) is 52.3 Å². The Morgan fingerprint density at radius 2 is 2.00 bits per heavy atom. The van der Waals surface area contributed by atoms with E-state index < -0.39 is 0 Å². The van der Waals surface area contributed by atoms with Crippen LogP contribution in [0.15, 0.2) is 38.7 Å². The maximum atomic E-state index is 13.1. The Hall–Kier alpha value is -2.93. The number of rotatable bonds is 5. The molecule has 0 spiro atoms. The molecule has 1 fully saturated rings.